The molecule has 1 aromatic heterocycles. The highest BCUT2D eigenvalue weighted by molar-refractivity contribution is 5.02. The summed E-state index contributed by atoms with van der Waals surface area (Å²) in [6.45, 7) is 1.88. The van der Waals surface area contributed by atoms with E-state index in [1.807, 2.05) is 0 Å². The van der Waals surface area contributed by atoms with Crippen LogP contribution >= 0.6 is 0 Å². The van der Waals surface area contributed by atoms with Gasteiger partial charge in [-0.05, 0) is 19.9 Å². The van der Waals surface area contributed by atoms with Gasteiger partial charge in [-0.25, -0.2) is 4.79 Å². The van der Waals surface area contributed by atoms with Crippen molar-refractivity contribution in [3.8, 4) is 0 Å². The van der Waals surface area contributed by atoms with Gasteiger partial charge in [0.15, 0.2) is 0 Å². The fraction of sp³-hybridized carbons (Fsp3) is 0.636. The molecule has 100 valence electrons. The van der Waals surface area contributed by atoms with E-state index in [4.69, 9.17) is 10.5 Å². The molecule has 0 radical (unpaired) electrons. The van der Waals surface area contributed by atoms with Gasteiger partial charge in [-0.3, -0.25) is 14.3 Å². The van der Waals surface area contributed by atoms with Gasteiger partial charge in [0.25, 0.3) is 5.56 Å². The normalized spacial score (nSPS) is 27.6. The molecule has 0 bridgehead atoms. The highest BCUT2D eigenvalue weighted by atomic mass is 16.5. The molecule has 2 rings (SSSR count). The summed E-state index contributed by atoms with van der Waals surface area (Å²) in [6.07, 6.45) is 1.17. The van der Waals surface area contributed by atoms with Gasteiger partial charge in [0.05, 0.1) is 12.7 Å². The van der Waals surface area contributed by atoms with Crippen LogP contribution in [0, 0.1) is 12.8 Å². The van der Waals surface area contributed by atoms with Gasteiger partial charge in [0.2, 0.25) is 0 Å². The van der Waals surface area contributed by atoms with E-state index in [2.05, 4.69) is 4.98 Å². The standard InChI is InChI=1S/C11H17N3O4/c1-6-4-14(11(17)13-10(6)16)9-2-7(3-12)8(5-15)18-9/h4,7-9,15H,2-3,5,12H2,1H3,(H,13,16,17)/t7-,8+,9+/m0/s1. The fourth-order valence-electron chi connectivity index (χ4n) is 2.20. The third-order valence-electron chi connectivity index (χ3n) is 3.30. The maximum Gasteiger partial charge on any atom is 0.330 e. The van der Waals surface area contributed by atoms with E-state index in [1.165, 1.54) is 10.8 Å². The van der Waals surface area contributed by atoms with Crippen LogP contribution in [0.15, 0.2) is 15.8 Å². The van der Waals surface area contributed by atoms with Crippen molar-refractivity contribution in [2.45, 2.75) is 25.7 Å². The second kappa shape index (κ2) is 5.05. The Morgan fingerprint density at radius 3 is 2.89 bits per heavy atom. The first kappa shape index (κ1) is 13.0. The first-order valence-corrected chi connectivity index (χ1v) is 5.85. The minimum absolute atomic E-state index is 0.0131. The zero-order valence-electron chi connectivity index (χ0n) is 10.1. The SMILES string of the molecule is Cc1cn([C@H]2C[C@@H](CN)[C@@H](CO)O2)c(=O)[nH]c1=O. The van der Waals surface area contributed by atoms with E-state index in [0.29, 0.717) is 18.5 Å². The third-order valence-corrected chi connectivity index (χ3v) is 3.30. The Morgan fingerprint density at radius 2 is 2.33 bits per heavy atom. The van der Waals surface area contributed by atoms with Crippen molar-refractivity contribution in [1.29, 1.82) is 0 Å². The summed E-state index contributed by atoms with van der Waals surface area (Å²) >= 11 is 0. The number of aryl methyl sites for hydroxylation is 1. The monoisotopic (exact) mass is 255 g/mol. The highest BCUT2D eigenvalue weighted by Crippen LogP contribution is 2.31. The number of nitrogens with one attached hydrogen (secondary N) is 1. The van der Waals surface area contributed by atoms with Crippen molar-refractivity contribution in [3.05, 3.63) is 32.6 Å². The molecule has 2 heterocycles. The molecule has 7 nitrogen and oxygen atoms in total. The van der Waals surface area contributed by atoms with Gasteiger partial charge in [-0.1, -0.05) is 0 Å². The van der Waals surface area contributed by atoms with Crippen molar-refractivity contribution in [2.75, 3.05) is 13.2 Å². The average Bonchev–Trinajstić information content (AvgIpc) is 2.76. The summed E-state index contributed by atoms with van der Waals surface area (Å²) in [5.74, 6) is 0.0131. The molecule has 0 spiro atoms. The third kappa shape index (κ3) is 2.24. The smallest absolute Gasteiger partial charge is 0.330 e. The fourth-order valence-corrected chi connectivity index (χ4v) is 2.20. The minimum Gasteiger partial charge on any atom is -0.394 e. The lowest BCUT2D eigenvalue weighted by atomic mass is 10.0. The molecule has 1 saturated heterocycles. The lowest BCUT2D eigenvalue weighted by Gasteiger charge is -2.15. The molecule has 0 amide bonds. The van der Waals surface area contributed by atoms with Gasteiger partial charge in [0, 0.05) is 17.7 Å². The summed E-state index contributed by atoms with van der Waals surface area (Å²) in [5, 5.41) is 9.17. The maximum absolute atomic E-state index is 11.7. The van der Waals surface area contributed by atoms with Crippen LogP contribution in [0.25, 0.3) is 0 Å². The molecule has 1 aliphatic rings. The average molecular weight is 255 g/mol. The number of aliphatic hydroxyl groups excluding tert-OH is 1. The number of nitrogens with zero attached hydrogens (tertiary/aromatic N) is 1. The van der Waals surface area contributed by atoms with E-state index < -0.39 is 17.5 Å². The zero-order chi connectivity index (χ0) is 13.3. The van der Waals surface area contributed by atoms with Crippen LogP contribution in [0.3, 0.4) is 0 Å². The van der Waals surface area contributed by atoms with Gasteiger partial charge in [0.1, 0.15) is 6.23 Å². The van der Waals surface area contributed by atoms with Crippen molar-refractivity contribution < 1.29 is 9.84 Å². The first-order valence-electron chi connectivity index (χ1n) is 5.85. The molecule has 3 atom stereocenters. The zero-order valence-corrected chi connectivity index (χ0v) is 10.1. The second-order valence-electron chi connectivity index (χ2n) is 4.52. The van der Waals surface area contributed by atoms with Crippen LogP contribution in [0.5, 0.6) is 0 Å². The number of H-pyrrole nitrogens is 1. The van der Waals surface area contributed by atoms with E-state index in [0.717, 1.165) is 0 Å². The van der Waals surface area contributed by atoms with Crippen molar-refractivity contribution in [3.63, 3.8) is 0 Å². The largest absolute Gasteiger partial charge is 0.394 e. The van der Waals surface area contributed by atoms with E-state index in [9.17, 15) is 14.7 Å². The molecule has 0 unspecified atom stereocenters. The molecule has 0 aliphatic carbocycles. The van der Waals surface area contributed by atoms with Crippen LogP contribution < -0.4 is 17.0 Å². The van der Waals surface area contributed by atoms with Crippen molar-refractivity contribution >= 4 is 0 Å². The van der Waals surface area contributed by atoms with Gasteiger partial charge >= 0.3 is 5.69 Å². The predicted octanol–water partition coefficient (Wildman–Crippen LogP) is -1.30. The van der Waals surface area contributed by atoms with Crippen molar-refractivity contribution in [2.24, 2.45) is 11.7 Å². The Kier molecular flexibility index (Phi) is 3.65. The molecule has 0 saturated carbocycles. The topological polar surface area (TPSA) is 110 Å². The summed E-state index contributed by atoms with van der Waals surface area (Å²) in [6, 6.07) is 0. The Hall–Kier alpha value is -1.44. The second-order valence-corrected chi connectivity index (χ2v) is 4.52. The van der Waals surface area contributed by atoms with Crippen molar-refractivity contribution in [1.82, 2.24) is 9.55 Å². The molecule has 18 heavy (non-hydrogen) atoms. The lowest BCUT2D eigenvalue weighted by molar-refractivity contribution is -0.0320. The summed E-state index contributed by atoms with van der Waals surface area (Å²) in [4.78, 5) is 25.2. The van der Waals surface area contributed by atoms with Crippen LogP contribution in [-0.2, 0) is 4.74 Å². The van der Waals surface area contributed by atoms with Gasteiger partial charge in [-0.2, -0.15) is 0 Å². The number of rotatable bonds is 3. The van der Waals surface area contributed by atoms with Gasteiger partial charge < -0.3 is 15.6 Å². The number of aliphatic hydroxyl groups is 1. The summed E-state index contributed by atoms with van der Waals surface area (Å²) in [5.41, 5.74) is 5.13. The summed E-state index contributed by atoms with van der Waals surface area (Å²) < 4.78 is 6.93. The molecule has 4 N–H and O–H groups in total. The number of nitrogens with two attached hydrogens (primary N) is 1. The van der Waals surface area contributed by atoms with E-state index >= 15 is 0 Å². The molecule has 7 heteroatoms. The van der Waals surface area contributed by atoms with Crippen LogP contribution in [0.1, 0.15) is 18.2 Å². The number of ether oxygens (including phenoxy) is 1. The van der Waals surface area contributed by atoms with Crippen LogP contribution in [-0.4, -0.2) is 33.9 Å². The molecule has 0 aromatic carbocycles. The molecular weight excluding hydrogens is 238 g/mol. The number of aromatic nitrogens is 2. The molecule has 1 fully saturated rings. The molecule has 1 aromatic rings. The minimum atomic E-state index is -0.509. The van der Waals surface area contributed by atoms with Crippen LogP contribution in [0.2, 0.25) is 0 Å². The Morgan fingerprint density at radius 1 is 1.61 bits per heavy atom. The first-order chi connectivity index (χ1) is 8.56. The van der Waals surface area contributed by atoms with E-state index in [-0.39, 0.29) is 18.6 Å². The Balaban J connectivity index is 2.31. The Labute approximate surface area is 103 Å². The maximum atomic E-state index is 11.7. The number of aromatic amines is 1. The predicted molar refractivity (Wildman–Crippen MR) is 64.2 cm³/mol. The van der Waals surface area contributed by atoms with Gasteiger partial charge in [-0.15, -0.1) is 0 Å². The highest BCUT2D eigenvalue weighted by Gasteiger charge is 2.35. The van der Waals surface area contributed by atoms with Crippen LogP contribution in [0.4, 0.5) is 0 Å². The Bertz CT molecular complexity index is 524. The summed E-state index contributed by atoms with van der Waals surface area (Å²) in [7, 11) is 0. The quantitative estimate of drug-likeness (QED) is 0.621. The molecular formula is C11H17N3O4. The van der Waals surface area contributed by atoms with E-state index in [1.54, 1.807) is 6.92 Å². The molecule has 1 aliphatic heterocycles. The number of hydrogen-bond acceptors (Lipinski definition) is 5. The number of hydrogen-bond donors (Lipinski definition) is 3. The lowest BCUT2D eigenvalue weighted by Crippen LogP contribution is -2.33.